The Morgan fingerprint density at radius 3 is 2.71 bits per heavy atom. The summed E-state index contributed by atoms with van der Waals surface area (Å²) in [5.41, 5.74) is 0. The van der Waals surface area contributed by atoms with Crippen molar-refractivity contribution in [3.63, 3.8) is 0 Å². The van der Waals surface area contributed by atoms with Crippen LogP contribution in [-0.4, -0.2) is 37.0 Å². The monoisotopic (exact) mass is 323 g/mol. The van der Waals surface area contributed by atoms with E-state index in [1.807, 2.05) is 0 Å². The summed E-state index contributed by atoms with van der Waals surface area (Å²) in [5.74, 6) is -0.791. The molecular formula is C10H11BrFNO3S. The Balaban J connectivity index is 2.45. The number of halogens is 2. The number of aliphatic hydroxyl groups excluding tert-OH is 1. The van der Waals surface area contributed by atoms with Gasteiger partial charge in [0.15, 0.2) is 0 Å². The van der Waals surface area contributed by atoms with E-state index in [2.05, 4.69) is 15.9 Å². The standard InChI is InChI=1S/C10H11BrFNO3S/c11-8-2-1-3-9(12)10(8)17(15,16)13-5-4-7(14)6-13/h1-3,7,14H,4-6H2/t7-/m0/s1. The molecule has 1 N–H and O–H groups in total. The normalized spacial score (nSPS) is 21.9. The molecular weight excluding hydrogens is 313 g/mol. The summed E-state index contributed by atoms with van der Waals surface area (Å²) in [4.78, 5) is -0.367. The number of rotatable bonds is 2. The van der Waals surface area contributed by atoms with E-state index < -0.39 is 21.9 Å². The Labute approximate surface area is 107 Å². The number of aliphatic hydroxyl groups is 1. The first-order chi connectivity index (χ1) is 7.93. The van der Waals surface area contributed by atoms with Gasteiger partial charge in [-0.05, 0) is 34.5 Å². The van der Waals surface area contributed by atoms with Gasteiger partial charge in [-0.1, -0.05) is 6.07 Å². The van der Waals surface area contributed by atoms with Gasteiger partial charge in [0.25, 0.3) is 0 Å². The highest BCUT2D eigenvalue weighted by atomic mass is 79.9. The highest BCUT2D eigenvalue weighted by Crippen LogP contribution is 2.29. The molecule has 0 aliphatic carbocycles. The van der Waals surface area contributed by atoms with E-state index in [0.717, 1.165) is 10.4 Å². The van der Waals surface area contributed by atoms with Crippen LogP contribution in [0.25, 0.3) is 0 Å². The van der Waals surface area contributed by atoms with Crippen molar-refractivity contribution in [3.8, 4) is 0 Å². The third-order valence-electron chi connectivity index (χ3n) is 2.64. The second-order valence-corrected chi connectivity index (χ2v) is 6.59. The third-order valence-corrected chi connectivity index (χ3v) is 5.51. The summed E-state index contributed by atoms with van der Waals surface area (Å²) in [5, 5.41) is 9.34. The molecule has 1 fully saturated rings. The molecule has 0 amide bonds. The molecule has 0 spiro atoms. The average Bonchev–Trinajstić information content (AvgIpc) is 2.64. The maximum absolute atomic E-state index is 13.6. The minimum absolute atomic E-state index is 0.0170. The van der Waals surface area contributed by atoms with Crippen LogP contribution in [0, 0.1) is 5.82 Å². The first-order valence-corrected chi connectivity index (χ1v) is 7.28. The molecule has 1 saturated heterocycles. The van der Waals surface area contributed by atoms with E-state index >= 15 is 0 Å². The van der Waals surface area contributed by atoms with Crippen molar-refractivity contribution in [3.05, 3.63) is 28.5 Å². The van der Waals surface area contributed by atoms with Crippen LogP contribution in [0.2, 0.25) is 0 Å². The SMILES string of the molecule is O=S(=O)(c1c(F)cccc1Br)N1CC[C@H](O)C1. The molecule has 0 radical (unpaired) electrons. The molecule has 1 heterocycles. The van der Waals surface area contributed by atoms with Gasteiger partial charge in [0.1, 0.15) is 10.7 Å². The van der Waals surface area contributed by atoms with Crippen molar-refractivity contribution in [2.75, 3.05) is 13.1 Å². The van der Waals surface area contributed by atoms with Crippen LogP contribution in [0.4, 0.5) is 4.39 Å². The largest absolute Gasteiger partial charge is 0.392 e. The summed E-state index contributed by atoms with van der Waals surface area (Å²) in [7, 11) is -3.88. The highest BCUT2D eigenvalue weighted by Gasteiger charge is 2.34. The van der Waals surface area contributed by atoms with Gasteiger partial charge >= 0.3 is 0 Å². The lowest BCUT2D eigenvalue weighted by Crippen LogP contribution is -2.30. The second kappa shape index (κ2) is 4.64. The fraction of sp³-hybridized carbons (Fsp3) is 0.400. The maximum atomic E-state index is 13.6. The predicted octanol–water partition coefficient (Wildman–Crippen LogP) is 1.34. The van der Waals surface area contributed by atoms with Gasteiger partial charge in [-0.2, -0.15) is 4.31 Å². The molecule has 0 aromatic heterocycles. The Morgan fingerprint density at radius 2 is 2.18 bits per heavy atom. The molecule has 0 saturated carbocycles. The van der Waals surface area contributed by atoms with Crippen molar-refractivity contribution in [1.82, 2.24) is 4.31 Å². The molecule has 1 atom stereocenters. The molecule has 1 aliphatic rings. The number of hydrogen-bond donors (Lipinski definition) is 1. The van der Waals surface area contributed by atoms with Gasteiger partial charge in [-0.15, -0.1) is 0 Å². The Hall–Kier alpha value is -0.500. The van der Waals surface area contributed by atoms with E-state index in [9.17, 15) is 17.9 Å². The molecule has 0 unspecified atom stereocenters. The summed E-state index contributed by atoms with van der Waals surface area (Å²) < 4.78 is 39.2. The topological polar surface area (TPSA) is 57.6 Å². The van der Waals surface area contributed by atoms with Gasteiger partial charge in [-0.25, -0.2) is 12.8 Å². The molecule has 17 heavy (non-hydrogen) atoms. The van der Waals surface area contributed by atoms with E-state index in [1.54, 1.807) is 0 Å². The lowest BCUT2D eigenvalue weighted by atomic mass is 10.3. The lowest BCUT2D eigenvalue weighted by molar-refractivity contribution is 0.189. The van der Waals surface area contributed by atoms with Crippen molar-refractivity contribution < 1.29 is 17.9 Å². The number of sulfonamides is 1. The fourth-order valence-corrected chi connectivity index (χ4v) is 4.34. The number of hydrogen-bond acceptors (Lipinski definition) is 3. The van der Waals surface area contributed by atoms with Crippen LogP contribution >= 0.6 is 15.9 Å². The summed E-state index contributed by atoms with van der Waals surface area (Å²) in [6.45, 7) is 0.230. The minimum Gasteiger partial charge on any atom is -0.392 e. The third kappa shape index (κ3) is 2.37. The van der Waals surface area contributed by atoms with Crippen LogP contribution in [-0.2, 0) is 10.0 Å². The fourth-order valence-electron chi connectivity index (χ4n) is 1.79. The van der Waals surface area contributed by atoms with Crippen molar-refractivity contribution in [2.45, 2.75) is 17.4 Å². The Morgan fingerprint density at radius 1 is 1.47 bits per heavy atom. The predicted molar refractivity (Wildman–Crippen MR) is 63.5 cm³/mol. The first kappa shape index (κ1) is 12.9. The Kier molecular flexibility index (Phi) is 3.53. The van der Waals surface area contributed by atoms with E-state index in [-0.39, 0.29) is 22.5 Å². The number of benzene rings is 1. The molecule has 2 rings (SSSR count). The number of nitrogens with zero attached hydrogens (tertiary/aromatic N) is 1. The summed E-state index contributed by atoms with van der Waals surface area (Å²) >= 11 is 3.04. The molecule has 1 aromatic carbocycles. The zero-order chi connectivity index (χ0) is 12.6. The van der Waals surface area contributed by atoms with Gasteiger partial charge in [-0.3, -0.25) is 0 Å². The van der Waals surface area contributed by atoms with Crippen LogP contribution in [0.3, 0.4) is 0 Å². The molecule has 0 bridgehead atoms. The average molecular weight is 324 g/mol. The molecule has 7 heteroatoms. The van der Waals surface area contributed by atoms with Crippen molar-refractivity contribution >= 4 is 26.0 Å². The quantitative estimate of drug-likeness (QED) is 0.893. The molecule has 1 aliphatic heterocycles. The molecule has 4 nitrogen and oxygen atoms in total. The van der Waals surface area contributed by atoms with Crippen LogP contribution in [0.15, 0.2) is 27.6 Å². The smallest absolute Gasteiger partial charge is 0.247 e. The second-order valence-electron chi connectivity index (χ2n) is 3.86. The zero-order valence-electron chi connectivity index (χ0n) is 8.81. The zero-order valence-corrected chi connectivity index (χ0v) is 11.2. The van der Waals surface area contributed by atoms with Crippen molar-refractivity contribution in [2.24, 2.45) is 0 Å². The highest BCUT2D eigenvalue weighted by molar-refractivity contribution is 9.10. The van der Waals surface area contributed by atoms with E-state index in [1.165, 1.54) is 12.1 Å². The van der Waals surface area contributed by atoms with Crippen LogP contribution < -0.4 is 0 Å². The summed E-state index contributed by atoms with van der Waals surface area (Å²) in [6, 6.07) is 4.00. The lowest BCUT2D eigenvalue weighted by Gasteiger charge is -2.17. The van der Waals surface area contributed by atoms with Gasteiger partial charge in [0, 0.05) is 17.6 Å². The van der Waals surface area contributed by atoms with Crippen LogP contribution in [0.5, 0.6) is 0 Å². The Bertz CT molecular complexity index is 514. The van der Waals surface area contributed by atoms with Gasteiger partial charge in [0.05, 0.1) is 6.10 Å². The first-order valence-electron chi connectivity index (χ1n) is 5.05. The van der Waals surface area contributed by atoms with E-state index in [0.29, 0.717) is 6.42 Å². The van der Waals surface area contributed by atoms with Crippen LogP contribution in [0.1, 0.15) is 6.42 Å². The maximum Gasteiger partial charge on any atom is 0.247 e. The number of β-amino-alcohol motifs (C(OH)–C–C–N with tert-alkyl or cyclic N) is 1. The van der Waals surface area contributed by atoms with Crippen molar-refractivity contribution in [1.29, 1.82) is 0 Å². The minimum atomic E-state index is -3.88. The van der Waals surface area contributed by atoms with E-state index in [4.69, 9.17) is 0 Å². The molecule has 1 aromatic rings. The summed E-state index contributed by atoms with van der Waals surface area (Å²) in [6.07, 6.45) is -0.291. The van der Waals surface area contributed by atoms with Gasteiger partial charge in [0.2, 0.25) is 10.0 Å². The van der Waals surface area contributed by atoms with Gasteiger partial charge < -0.3 is 5.11 Å². The molecule has 94 valence electrons.